The van der Waals surface area contributed by atoms with Gasteiger partial charge in [0.15, 0.2) is 0 Å². The second-order valence-electron chi connectivity index (χ2n) is 3.62. The number of aliphatic hydroxyl groups excluding tert-OH is 1. The van der Waals surface area contributed by atoms with Crippen LogP contribution in [0, 0.1) is 0 Å². The van der Waals surface area contributed by atoms with E-state index in [1.54, 1.807) is 0 Å². The Kier molecular flexibility index (Phi) is 1.93. The first-order valence-electron chi connectivity index (χ1n) is 4.47. The molecule has 0 bridgehead atoms. The van der Waals surface area contributed by atoms with E-state index in [4.69, 9.17) is 9.47 Å². The number of rotatable bonds is 1. The van der Waals surface area contributed by atoms with Crippen LogP contribution in [0.3, 0.4) is 0 Å². The highest BCUT2D eigenvalue weighted by atomic mass is 16.6. The Morgan fingerprint density at radius 3 is 2.92 bits per heavy atom. The molecule has 2 saturated heterocycles. The topological polar surface area (TPSA) is 42.0 Å². The highest BCUT2D eigenvalue weighted by Crippen LogP contribution is 2.43. The first kappa shape index (κ1) is 8.78. The van der Waals surface area contributed by atoms with E-state index in [-0.39, 0.29) is 11.7 Å². The van der Waals surface area contributed by atoms with Crippen LogP contribution in [-0.4, -0.2) is 29.5 Å². The number of allylic oxidation sites excluding steroid dienone is 1. The Morgan fingerprint density at radius 2 is 2.38 bits per heavy atom. The summed E-state index contributed by atoms with van der Waals surface area (Å²) in [6.45, 7) is 6.28. The molecule has 0 amide bonds. The summed E-state index contributed by atoms with van der Waals surface area (Å²) < 4.78 is 10.7. The first-order valence-corrected chi connectivity index (χ1v) is 4.47. The van der Waals surface area contributed by atoms with Gasteiger partial charge in [0, 0.05) is 6.42 Å². The smallest absolute Gasteiger partial charge is 0.145 e. The lowest BCUT2D eigenvalue weighted by Gasteiger charge is -2.33. The third kappa shape index (κ3) is 1.38. The van der Waals surface area contributed by atoms with Gasteiger partial charge < -0.3 is 14.6 Å². The van der Waals surface area contributed by atoms with Crippen LogP contribution >= 0.6 is 0 Å². The van der Waals surface area contributed by atoms with Crippen molar-refractivity contribution in [3.8, 4) is 0 Å². The molecule has 2 aliphatic heterocycles. The minimum absolute atomic E-state index is 0.297. The second kappa shape index (κ2) is 2.86. The zero-order chi connectivity index (χ0) is 9.47. The van der Waals surface area contributed by atoms with Crippen molar-refractivity contribution in [2.24, 2.45) is 0 Å². The normalized spacial score (nSPS) is 44.0. The number of aliphatic hydroxyl groups is 1. The molecule has 1 N–H and O–H groups in total. The van der Waals surface area contributed by atoms with Crippen molar-refractivity contribution in [3.63, 3.8) is 0 Å². The molecule has 2 fully saturated rings. The summed E-state index contributed by atoms with van der Waals surface area (Å²) in [4.78, 5) is 0. The summed E-state index contributed by atoms with van der Waals surface area (Å²) >= 11 is 0. The molecule has 0 aromatic heterocycles. The minimum atomic E-state index is -0.561. The van der Waals surface area contributed by atoms with Crippen LogP contribution in [-0.2, 0) is 9.47 Å². The minimum Gasteiger partial charge on any atom is -0.488 e. The number of epoxide rings is 1. The van der Waals surface area contributed by atoms with E-state index < -0.39 is 6.10 Å². The van der Waals surface area contributed by atoms with Crippen LogP contribution in [0.1, 0.15) is 13.3 Å². The van der Waals surface area contributed by atoms with Gasteiger partial charge in [0.05, 0.1) is 12.4 Å². The van der Waals surface area contributed by atoms with Crippen molar-refractivity contribution >= 4 is 0 Å². The van der Waals surface area contributed by atoms with E-state index >= 15 is 0 Å². The summed E-state index contributed by atoms with van der Waals surface area (Å²) in [5, 5.41) is 9.87. The molecular formula is C10H14O3. The van der Waals surface area contributed by atoms with Gasteiger partial charge in [0.2, 0.25) is 0 Å². The molecule has 3 atom stereocenters. The molecule has 13 heavy (non-hydrogen) atoms. The molecule has 0 radical (unpaired) electrons. The predicted molar refractivity (Wildman–Crippen MR) is 48.1 cm³/mol. The summed E-state index contributed by atoms with van der Waals surface area (Å²) in [5.74, 6) is 0.700. The van der Waals surface area contributed by atoms with E-state index in [0.717, 1.165) is 0 Å². The molecule has 0 aromatic rings. The van der Waals surface area contributed by atoms with Crippen LogP contribution in [0.4, 0.5) is 0 Å². The largest absolute Gasteiger partial charge is 0.488 e. The zero-order valence-electron chi connectivity index (χ0n) is 7.69. The fraction of sp³-hybridized carbons (Fsp3) is 0.600. The van der Waals surface area contributed by atoms with E-state index in [2.05, 4.69) is 6.58 Å². The van der Waals surface area contributed by atoms with Crippen LogP contribution in [0.25, 0.3) is 0 Å². The van der Waals surface area contributed by atoms with Crippen LogP contribution < -0.4 is 0 Å². The van der Waals surface area contributed by atoms with Crippen LogP contribution in [0.15, 0.2) is 24.5 Å². The van der Waals surface area contributed by atoms with Gasteiger partial charge in [0.25, 0.3) is 0 Å². The van der Waals surface area contributed by atoms with Gasteiger partial charge in [-0.3, -0.25) is 0 Å². The highest BCUT2D eigenvalue weighted by Gasteiger charge is 2.57. The Bertz CT molecular complexity index is 253. The zero-order valence-corrected chi connectivity index (χ0v) is 7.69. The molecule has 0 saturated carbocycles. The molecule has 3 nitrogen and oxygen atoms in total. The molecule has 2 rings (SSSR count). The van der Waals surface area contributed by atoms with Gasteiger partial charge >= 0.3 is 0 Å². The third-order valence-corrected chi connectivity index (χ3v) is 2.55. The van der Waals surface area contributed by atoms with Crippen LogP contribution in [0.5, 0.6) is 0 Å². The molecule has 0 aliphatic carbocycles. The van der Waals surface area contributed by atoms with Crippen LogP contribution in [0.2, 0.25) is 0 Å². The monoisotopic (exact) mass is 182 g/mol. The van der Waals surface area contributed by atoms with Crippen molar-refractivity contribution in [2.45, 2.75) is 31.2 Å². The van der Waals surface area contributed by atoms with Gasteiger partial charge in [-0.1, -0.05) is 12.7 Å². The van der Waals surface area contributed by atoms with Gasteiger partial charge in [0.1, 0.15) is 17.8 Å². The van der Waals surface area contributed by atoms with Crippen molar-refractivity contribution in [1.29, 1.82) is 0 Å². The number of hydrogen-bond acceptors (Lipinski definition) is 3. The summed E-state index contributed by atoms with van der Waals surface area (Å²) in [6, 6.07) is 0. The van der Waals surface area contributed by atoms with Crippen molar-refractivity contribution in [2.75, 3.05) is 6.61 Å². The lowest BCUT2D eigenvalue weighted by Crippen LogP contribution is -2.45. The molecule has 0 aromatic carbocycles. The number of ether oxygens (including phenoxy) is 2. The Balaban J connectivity index is 2.15. The Morgan fingerprint density at radius 1 is 1.69 bits per heavy atom. The summed E-state index contributed by atoms with van der Waals surface area (Å²) in [6.07, 6.45) is 3.45. The molecule has 2 heterocycles. The van der Waals surface area contributed by atoms with Gasteiger partial charge in [-0.15, -0.1) is 0 Å². The Labute approximate surface area is 77.7 Å². The van der Waals surface area contributed by atoms with E-state index in [9.17, 15) is 5.11 Å². The Hall–Kier alpha value is -0.800. The van der Waals surface area contributed by atoms with E-state index in [1.165, 1.54) is 0 Å². The molecule has 1 spiro atoms. The maximum atomic E-state index is 9.87. The summed E-state index contributed by atoms with van der Waals surface area (Å²) in [5.41, 5.74) is -0.389. The average molecular weight is 182 g/mol. The SMILES string of the molecule is C=C1C[C@@]2(CO2)[C@H](O)[C@@H](/C=C/C)O1. The predicted octanol–water partition coefficient (Wildman–Crippen LogP) is 0.995. The van der Waals surface area contributed by atoms with Gasteiger partial charge in [-0.25, -0.2) is 0 Å². The molecule has 3 heteroatoms. The molecule has 0 unspecified atom stereocenters. The number of hydrogen-bond donors (Lipinski definition) is 1. The maximum Gasteiger partial charge on any atom is 0.145 e. The quantitative estimate of drug-likeness (QED) is 0.486. The second-order valence-corrected chi connectivity index (χ2v) is 3.62. The van der Waals surface area contributed by atoms with Gasteiger partial charge in [-0.05, 0) is 13.0 Å². The van der Waals surface area contributed by atoms with Crippen molar-refractivity contribution in [1.82, 2.24) is 0 Å². The maximum absolute atomic E-state index is 9.87. The molecular weight excluding hydrogens is 168 g/mol. The average Bonchev–Trinajstić information content (AvgIpc) is 2.81. The third-order valence-electron chi connectivity index (χ3n) is 2.55. The molecule has 72 valence electrons. The lowest BCUT2D eigenvalue weighted by molar-refractivity contribution is -0.0604. The molecule has 2 aliphatic rings. The fourth-order valence-corrected chi connectivity index (χ4v) is 1.74. The standard InChI is InChI=1S/C10H14O3/c1-3-4-8-9(11)10(6-12-10)5-7(2)13-8/h3-4,8-9,11H,2,5-6H2,1H3/b4-3+/t8-,9-,10-/m1/s1. The lowest BCUT2D eigenvalue weighted by atomic mass is 9.91. The van der Waals surface area contributed by atoms with Crippen molar-refractivity contribution < 1.29 is 14.6 Å². The van der Waals surface area contributed by atoms with E-state index in [1.807, 2.05) is 19.1 Å². The first-order chi connectivity index (χ1) is 6.18. The van der Waals surface area contributed by atoms with Gasteiger partial charge in [-0.2, -0.15) is 0 Å². The van der Waals surface area contributed by atoms with Crippen molar-refractivity contribution in [3.05, 3.63) is 24.5 Å². The fourth-order valence-electron chi connectivity index (χ4n) is 1.74. The summed E-state index contributed by atoms with van der Waals surface area (Å²) in [7, 11) is 0. The highest BCUT2D eigenvalue weighted by molar-refractivity contribution is 5.16. The van der Waals surface area contributed by atoms with E-state index in [0.29, 0.717) is 18.8 Å².